The summed E-state index contributed by atoms with van der Waals surface area (Å²) in [5, 5.41) is 2.96. The fraction of sp³-hybridized carbons (Fsp3) is 0.500. The van der Waals surface area contributed by atoms with E-state index < -0.39 is 6.10 Å². The Morgan fingerprint density at radius 3 is 2.84 bits per heavy atom. The van der Waals surface area contributed by atoms with Gasteiger partial charge in [-0.1, -0.05) is 34.1 Å². The van der Waals surface area contributed by atoms with Crippen molar-refractivity contribution in [2.45, 2.75) is 18.9 Å². The molecule has 1 aliphatic carbocycles. The highest BCUT2D eigenvalue weighted by Gasteiger charge is 2.25. The van der Waals surface area contributed by atoms with E-state index in [9.17, 15) is 9.18 Å². The molecule has 0 aliphatic heterocycles. The van der Waals surface area contributed by atoms with Crippen molar-refractivity contribution in [2.75, 3.05) is 18.5 Å². The molecule has 0 spiro atoms. The van der Waals surface area contributed by atoms with Crippen LogP contribution in [0.4, 0.5) is 4.39 Å². The summed E-state index contributed by atoms with van der Waals surface area (Å²) in [4.78, 5) is 11.3. The Labute approximate surface area is 120 Å². The van der Waals surface area contributed by atoms with Crippen LogP contribution in [0, 0.1) is 11.7 Å². The maximum atomic E-state index is 13.8. The van der Waals surface area contributed by atoms with Crippen LogP contribution < -0.4 is 5.32 Å². The van der Waals surface area contributed by atoms with Crippen LogP contribution in [0.25, 0.3) is 0 Å². The van der Waals surface area contributed by atoms with Crippen LogP contribution in [0.5, 0.6) is 0 Å². The van der Waals surface area contributed by atoms with Gasteiger partial charge in [0.2, 0.25) is 5.91 Å². The van der Waals surface area contributed by atoms with Gasteiger partial charge in [0.1, 0.15) is 11.9 Å². The van der Waals surface area contributed by atoms with Crippen LogP contribution in [0.15, 0.2) is 24.3 Å². The van der Waals surface area contributed by atoms with Crippen molar-refractivity contribution in [3.8, 4) is 0 Å². The van der Waals surface area contributed by atoms with Crippen molar-refractivity contribution in [1.29, 1.82) is 0 Å². The lowest BCUT2D eigenvalue weighted by molar-refractivity contribution is -0.119. The molecule has 5 heteroatoms. The van der Waals surface area contributed by atoms with Gasteiger partial charge in [-0.05, 0) is 24.8 Å². The van der Waals surface area contributed by atoms with Crippen molar-refractivity contribution in [1.82, 2.24) is 5.32 Å². The largest absolute Gasteiger partial charge is 0.371 e. The maximum Gasteiger partial charge on any atom is 0.230 e. The molecule has 0 saturated heterocycles. The molecule has 0 heterocycles. The van der Waals surface area contributed by atoms with Gasteiger partial charge < -0.3 is 10.1 Å². The molecule has 1 aliphatic rings. The Morgan fingerprint density at radius 2 is 2.21 bits per heavy atom. The minimum atomic E-state index is -0.426. The molecule has 1 N–H and O–H groups in total. The number of benzene rings is 1. The highest BCUT2D eigenvalue weighted by atomic mass is 79.9. The fourth-order valence-electron chi connectivity index (χ4n) is 1.79. The summed E-state index contributed by atoms with van der Waals surface area (Å²) in [6.45, 7) is 0.918. The number of ether oxygens (including phenoxy) is 1. The normalized spacial score (nSPS) is 16.1. The molecule has 1 atom stereocenters. The first kappa shape index (κ1) is 14.5. The lowest BCUT2D eigenvalue weighted by Gasteiger charge is -2.19. The van der Waals surface area contributed by atoms with Crippen molar-refractivity contribution in [3.63, 3.8) is 0 Å². The monoisotopic (exact) mass is 329 g/mol. The first-order chi connectivity index (χ1) is 9.20. The van der Waals surface area contributed by atoms with Crippen LogP contribution in [-0.4, -0.2) is 24.4 Å². The molecule has 0 bridgehead atoms. The highest BCUT2D eigenvalue weighted by molar-refractivity contribution is 9.09. The second kappa shape index (κ2) is 7.01. The number of rotatable bonds is 7. The van der Waals surface area contributed by atoms with Crippen molar-refractivity contribution < 1.29 is 13.9 Å². The minimum Gasteiger partial charge on any atom is -0.371 e. The molecule has 1 aromatic carbocycles. The Morgan fingerprint density at radius 1 is 1.47 bits per heavy atom. The van der Waals surface area contributed by atoms with Crippen molar-refractivity contribution in [2.24, 2.45) is 5.92 Å². The molecule has 1 amide bonds. The fourth-order valence-corrected chi connectivity index (χ4v) is 1.98. The van der Waals surface area contributed by atoms with E-state index in [0.717, 1.165) is 0 Å². The highest BCUT2D eigenvalue weighted by Crippen LogP contribution is 2.31. The van der Waals surface area contributed by atoms with E-state index in [0.29, 0.717) is 18.1 Å². The van der Waals surface area contributed by atoms with Gasteiger partial charge in [0, 0.05) is 12.1 Å². The zero-order valence-electron chi connectivity index (χ0n) is 10.6. The molecule has 1 saturated carbocycles. The quantitative estimate of drug-likeness (QED) is 0.781. The Kier molecular flexibility index (Phi) is 5.34. The predicted octanol–water partition coefficient (Wildman–Crippen LogP) is 2.80. The lowest BCUT2D eigenvalue weighted by Crippen LogP contribution is -2.30. The third kappa shape index (κ3) is 4.58. The third-order valence-electron chi connectivity index (χ3n) is 3.09. The van der Waals surface area contributed by atoms with E-state index in [-0.39, 0.29) is 23.6 Å². The number of nitrogens with one attached hydrogen (secondary N) is 1. The summed E-state index contributed by atoms with van der Waals surface area (Å²) >= 11 is 3.08. The number of hydrogen-bond donors (Lipinski definition) is 1. The zero-order valence-corrected chi connectivity index (χ0v) is 12.2. The first-order valence-corrected chi connectivity index (χ1v) is 7.51. The molecule has 19 heavy (non-hydrogen) atoms. The second-order valence-corrected chi connectivity index (χ2v) is 5.29. The molecule has 1 fully saturated rings. The van der Waals surface area contributed by atoms with E-state index in [4.69, 9.17) is 4.74 Å². The van der Waals surface area contributed by atoms with Gasteiger partial charge in [0.25, 0.3) is 0 Å². The summed E-state index contributed by atoms with van der Waals surface area (Å²) < 4.78 is 19.5. The zero-order chi connectivity index (χ0) is 13.7. The summed E-state index contributed by atoms with van der Waals surface area (Å²) in [5.41, 5.74) is 0.498. The molecular weight excluding hydrogens is 313 g/mol. The van der Waals surface area contributed by atoms with Gasteiger partial charge in [0.15, 0.2) is 0 Å². The van der Waals surface area contributed by atoms with E-state index in [1.807, 2.05) is 0 Å². The maximum absolute atomic E-state index is 13.8. The van der Waals surface area contributed by atoms with E-state index in [1.165, 1.54) is 18.9 Å². The van der Waals surface area contributed by atoms with Gasteiger partial charge in [-0.15, -0.1) is 0 Å². The van der Waals surface area contributed by atoms with Gasteiger partial charge in [-0.3, -0.25) is 4.79 Å². The number of hydrogen-bond acceptors (Lipinski definition) is 2. The topological polar surface area (TPSA) is 38.3 Å². The molecule has 3 nitrogen and oxygen atoms in total. The van der Waals surface area contributed by atoms with E-state index in [2.05, 4.69) is 21.2 Å². The summed E-state index contributed by atoms with van der Waals surface area (Å²) in [5.74, 6) is 0.175. The minimum absolute atomic E-state index is 0.128. The Balaban J connectivity index is 1.99. The number of halogens is 2. The standard InChI is InChI=1S/C14H17BrFNO2/c15-7-14(18)17-8-13(19-9-10-5-6-10)11-3-1-2-4-12(11)16/h1-4,10,13H,5-9H2,(H,17,18)/t13-/m1/s1. The average Bonchev–Trinajstić information content (AvgIpc) is 3.24. The SMILES string of the molecule is O=C(CBr)NC[C@@H](OCC1CC1)c1ccccc1F. The van der Waals surface area contributed by atoms with Crippen LogP contribution in [0.2, 0.25) is 0 Å². The first-order valence-electron chi connectivity index (χ1n) is 6.39. The molecule has 0 unspecified atom stereocenters. The number of carbonyl (C=O) groups is 1. The Hall–Kier alpha value is -0.940. The second-order valence-electron chi connectivity index (χ2n) is 4.72. The smallest absolute Gasteiger partial charge is 0.230 e. The van der Waals surface area contributed by atoms with Gasteiger partial charge >= 0.3 is 0 Å². The molecule has 0 radical (unpaired) electrons. The van der Waals surface area contributed by atoms with Crippen LogP contribution in [-0.2, 0) is 9.53 Å². The predicted molar refractivity (Wildman–Crippen MR) is 74.6 cm³/mol. The number of alkyl halides is 1. The molecule has 2 rings (SSSR count). The average molecular weight is 330 g/mol. The molecular formula is C14H17BrFNO2. The summed E-state index contributed by atoms with van der Waals surface area (Å²) in [6.07, 6.45) is 1.93. The van der Waals surface area contributed by atoms with Crippen LogP contribution in [0.1, 0.15) is 24.5 Å². The number of carbonyl (C=O) groups excluding carboxylic acids is 1. The van der Waals surface area contributed by atoms with Crippen LogP contribution >= 0.6 is 15.9 Å². The van der Waals surface area contributed by atoms with Crippen molar-refractivity contribution >= 4 is 21.8 Å². The van der Waals surface area contributed by atoms with E-state index in [1.54, 1.807) is 18.2 Å². The summed E-state index contributed by atoms with van der Waals surface area (Å²) in [6, 6.07) is 6.54. The third-order valence-corrected chi connectivity index (χ3v) is 3.60. The lowest BCUT2D eigenvalue weighted by atomic mass is 10.1. The van der Waals surface area contributed by atoms with Crippen LogP contribution in [0.3, 0.4) is 0 Å². The van der Waals surface area contributed by atoms with Gasteiger partial charge in [-0.2, -0.15) is 0 Å². The molecule has 1 aromatic rings. The van der Waals surface area contributed by atoms with Crippen molar-refractivity contribution in [3.05, 3.63) is 35.6 Å². The van der Waals surface area contributed by atoms with E-state index >= 15 is 0 Å². The molecule has 0 aromatic heterocycles. The number of amides is 1. The van der Waals surface area contributed by atoms with Gasteiger partial charge in [0.05, 0.1) is 11.9 Å². The Bertz CT molecular complexity index is 437. The van der Waals surface area contributed by atoms with Gasteiger partial charge in [-0.25, -0.2) is 4.39 Å². The summed E-state index contributed by atoms with van der Waals surface area (Å²) in [7, 11) is 0. The molecule has 104 valence electrons.